The molecule has 0 spiro atoms. The number of hydrogen-bond acceptors (Lipinski definition) is 5. The number of benzene rings is 1. The number of nitrogens with one attached hydrogen (secondary N) is 1. The van der Waals surface area contributed by atoms with E-state index in [9.17, 15) is 9.59 Å². The molecular formula is C18H19N3O3S. The van der Waals surface area contributed by atoms with Gasteiger partial charge >= 0.3 is 0 Å². The molecule has 7 heteroatoms. The van der Waals surface area contributed by atoms with Crippen LogP contribution >= 0.6 is 11.8 Å². The number of amides is 2. The van der Waals surface area contributed by atoms with Gasteiger partial charge in [0.15, 0.2) is 11.5 Å². The first-order chi connectivity index (χ1) is 12.0. The molecule has 2 aliphatic heterocycles. The summed E-state index contributed by atoms with van der Waals surface area (Å²) < 4.78 is 5.76. The van der Waals surface area contributed by atoms with Crippen molar-refractivity contribution in [3.8, 4) is 0 Å². The van der Waals surface area contributed by atoms with Gasteiger partial charge in [0.2, 0.25) is 11.8 Å². The van der Waals surface area contributed by atoms with E-state index in [1.807, 2.05) is 18.2 Å². The van der Waals surface area contributed by atoms with Gasteiger partial charge in [-0.25, -0.2) is 4.98 Å². The second kappa shape index (κ2) is 5.24. The summed E-state index contributed by atoms with van der Waals surface area (Å²) in [6, 6.07) is 5.11. The van der Waals surface area contributed by atoms with Gasteiger partial charge in [0.1, 0.15) is 11.6 Å². The number of aromatic nitrogens is 1. The largest absolute Gasteiger partial charge is 0.440 e. The van der Waals surface area contributed by atoms with E-state index in [2.05, 4.69) is 17.2 Å². The molecule has 6 nitrogen and oxygen atoms in total. The molecule has 1 N–H and O–H groups in total. The highest BCUT2D eigenvalue weighted by Gasteiger charge is 2.52. The first-order valence-corrected chi connectivity index (χ1v) is 9.69. The normalized spacial score (nSPS) is 28.6. The first-order valence-electron chi connectivity index (χ1n) is 8.71. The van der Waals surface area contributed by atoms with Crippen molar-refractivity contribution < 1.29 is 14.0 Å². The fourth-order valence-electron chi connectivity index (χ4n) is 3.77. The van der Waals surface area contributed by atoms with Gasteiger partial charge in [0.25, 0.3) is 0 Å². The summed E-state index contributed by atoms with van der Waals surface area (Å²) in [4.78, 5) is 31.0. The van der Waals surface area contributed by atoms with Crippen molar-refractivity contribution in [1.29, 1.82) is 0 Å². The highest BCUT2D eigenvalue weighted by atomic mass is 32.2. The molecule has 25 heavy (non-hydrogen) atoms. The Morgan fingerprint density at radius 3 is 3.08 bits per heavy atom. The molecule has 0 bridgehead atoms. The van der Waals surface area contributed by atoms with Crippen LogP contribution in [0.15, 0.2) is 22.6 Å². The number of rotatable bonds is 3. The lowest BCUT2D eigenvalue weighted by Gasteiger charge is -2.29. The lowest BCUT2D eigenvalue weighted by molar-refractivity contribution is -0.135. The minimum atomic E-state index is -0.403. The average molecular weight is 357 g/mol. The van der Waals surface area contributed by atoms with Gasteiger partial charge in [-0.1, -0.05) is 0 Å². The third-order valence-corrected chi connectivity index (χ3v) is 6.85. The number of anilines is 1. The molecule has 1 aliphatic carbocycles. The van der Waals surface area contributed by atoms with E-state index in [0.717, 1.165) is 36.3 Å². The molecule has 1 aromatic heterocycles. The van der Waals surface area contributed by atoms with Crippen LogP contribution in [-0.2, 0) is 9.59 Å². The Labute approximate surface area is 149 Å². The molecule has 2 atom stereocenters. The molecule has 130 valence electrons. The summed E-state index contributed by atoms with van der Waals surface area (Å²) in [7, 11) is 0. The molecule has 2 saturated heterocycles. The second-order valence-electron chi connectivity index (χ2n) is 7.26. The third kappa shape index (κ3) is 2.44. The van der Waals surface area contributed by atoms with Crippen molar-refractivity contribution in [3.63, 3.8) is 0 Å². The molecule has 0 radical (unpaired) electrons. The summed E-state index contributed by atoms with van der Waals surface area (Å²) >= 11 is 1.70. The SMILES string of the molecule is C[C@@]12CCC(=O)N1[C@@H](C(=O)Nc1ccc3oc(C4CC4)nc3c1)CS2. The predicted octanol–water partition coefficient (Wildman–Crippen LogP) is 3.10. The van der Waals surface area contributed by atoms with Crippen LogP contribution in [0.25, 0.3) is 11.1 Å². The standard InChI is InChI=1S/C18H19N3O3S/c1-18-7-6-15(22)21(18)13(9-25-18)16(23)19-11-4-5-14-12(8-11)20-17(24-14)10-2-3-10/h4-5,8,10,13H,2-3,6-7,9H2,1H3,(H,19,23)/t13-,18-/m1/s1. The topological polar surface area (TPSA) is 75.4 Å². The van der Waals surface area contributed by atoms with Crippen molar-refractivity contribution in [2.24, 2.45) is 0 Å². The van der Waals surface area contributed by atoms with Gasteiger partial charge in [-0.15, -0.1) is 11.8 Å². The van der Waals surface area contributed by atoms with Crippen molar-refractivity contribution in [2.45, 2.75) is 49.4 Å². The van der Waals surface area contributed by atoms with Crippen molar-refractivity contribution in [1.82, 2.24) is 9.88 Å². The van der Waals surface area contributed by atoms with E-state index in [1.54, 1.807) is 16.7 Å². The minimum absolute atomic E-state index is 0.0775. The molecular weight excluding hydrogens is 338 g/mol. The average Bonchev–Trinajstić information content (AvgIpc) is 3.16. The zero-order chi connectivity index (χ0) is 17.2. The molecule has 2 aromatic rings. The Morgan fingerprint density at radius 2 is 2.28 bits per heavy atom. The van der Waals surface area contributed by atoms with Gasteiger partial charge in [0.05, 0.1) is 4.87 Å². The maximum atomic E-state index is 12.7. The molecule has 1 aromatic carbocycles. The molecule has 5 rings (SSSR count). The third-order valence-electron chi connectivity index (χ3n) is 5.35. The van der Waals surface area contributed by atoms with Crippen LogP contribution in [-0.4, -0.2) is 38.4 Å². The van der Waals surface area contributed by atoms with E-state index >= 15 is 0 Å². The number of hydrogen-bond donors (Lipinski definition) is 1. The lowest BCUT2D eigenvalue weighted by Crippen LogP contribution is -2.48. The number of oxazole rings is 1. The van der Waals surface area contributed by atoms with E-state index < -0.39 is 6.04 Å². The zero-order valence-electron chi connectivity index (χ0n) is 13.9. The molecule has 2 amide bonds. The number of nitrogens with zero attached hydrogens (tertiary/aromatic N) is 2. The van der Waals surface area contributed by atoms with Crippen LogP contribution < -0.4 is 5.32 Å². The number of carbonyl (C=O) groups excluding carboxylic acids is 2. The summed E-state index contributed by atoms with van der Waals surface area (Å²) in [6.45, 7) is 2.05. The Hall–Kier alpha value is -2.02. The van der Waals surface area contributed by atoms with Gasteiger partial charge in [-0.05, 0) is 44.4 Å². The second-order valence-corrected chi connectivity index (χ2v) is 8.77. The summed E-state index contributed by atoms with van der Waals surface area (Å²) in [5.74, 6) is 1.85. The van der Waals surface area contributed by atoms with Crippen molar-refractivity contribution in [3.05, 3.63) is 24.1 Å². The Balaban J connectivity index is 1.37. The van der Waals surface area contributed by atoms with Gasteiger partial charge in [-0.3, -0.25) is 9.59 Å². The Bertz CT molecular complexity index is 891. The van der Waals surface area contributed by atoms with E-state index in [0.29, 0.717) is 23.8 Å². The van der Waals surface area contributed by atoms with Gasteiger partial charge in [-0.2, -0.15) is 0 Å². The van der Waals surface area contributed by atoms with Crippen molar-refractivity contribution in [2.75, 3.05) is 11.1 Å². The minimum Gasteiger partial charge on any atom is -0.440 e. The predicted molar refractivity (Wildman–Crippen MR) is 95.3 cm³/mol. The molecule has 0 unspecified atom stereocenters. The summed E-state index contributed by atoms with van der Waals surface area (Å²) in [5.41, 5.74) is 2.21. The fourth-order valence-corrected chi connectivity index (χ4v) is 5.20. The quantitative estimate of drug-likeness (QED) is 0.913. The fraction of sp³-hybridized carbons (Fsp3) is 0.500. The first kappa shape index (κ1) is 15.3. The molecule has 3 aliphatic rings. The Kier molecular flexibility index (Phi) is 3.20. The maximum absolute atomic E-state index is 12.7. The van der Waals surface area contributed by atoms with E-state index in [1.165, 1.54) is 0 Å². The van der Waals surface area contributed by atoms with Gasteiger partial charge < -0.3 is 14.6 Å². The summed E-state index contributed by atoms with van der Waals surface area (Å²) in [6.07, 6.45) is 3.62. The van der Waals surface area contributed by atoms with Crippen LogP contribution in [0.4, 0.5) is 5.69 Å². The monoisotopic (exact) mass is 357 g/mol. The molecule has 1 saturated carbocycles. The lowest BCUT2D eigenvalue weighted by atomic mass is 10.2. The Morgan fingerprint density at radius 1 is 1.44 bits per heavy atom. The van der Waals surface area contributed by atoms with Gasteiger partial charge in [0, 0.05) is 23.8 Å². The van der Waals surface area contributed by atoms with E-state index in [-0.39, 0.29) is 16.7 Å². The van der Waals surface area contributed by atoms with Crippen LogP contribution in [0.2, 0.25) is 0 Å². The highest BCUT2D eigenvalue weighted by molar-refractivity contribution is 8.01. The maximum Gasteiger partial charge on any atom is 0.248 e. The summed E-state index contributed by atoms with van der Waals surface area (Å²) in [5, 5.41) is 2.95. The van der Waals surface area contributed by atoms with Crippen LogP contribution in [0, 0.1) is 0 Å². The zero-order valence-corrected chi connectivity index (χ0v) is 14.8. The van der Waals surface area contributed by atoms with Crippen LogP contribution in [0.5, 0.6) is 0 Å². The highest BCUT2D eigenvalue weighted by Crippen LogP contribution is 2.47. The molecule has 3 fully saturated rings. The van der Waals surface area contributed by atoms with Crippen LogP contribution in [0.1, 0.15) is 44.4 Å². The van der Waals surface area contributed by atoms with E-state index in [4.69, 9.17) is 4.42 Å². The number of carbonyl (C=O) groups is 2. The smallest absolute Gasteiger partial charge is 0.248 e. The van der Waals surface area contributed by atoms with Crippen LogP contribution in [0.3, 0.4) is 0 Å². The molecule has 3 heterocycles. The van der Waals surface area contributed by atoms with Crippen molar-refractivity contribution >= 4 is 40.4 Å². The number of fused-ring (bicyclic) bond motifs is 2. The number of thioether (sulfide) groups is 1.